The number of fused-ring (bicyclic) bond motifs is 1. The number of nitrogens with zero attached hydrogens (tertiary/aromatic N) is 1. The van der Waals surface area contributed by atoms with Crippen LogP contribution in [0.1, 0.15) is 58.6 Å². The van der Waals surface area contributed by atoms with Gasteiger partial charge in [0.2, 0.25) is 5.91 Å². The Bertz CT molecular complexity index is 564. The van der Waals surface area contributed by atoms with Crippen LogP contribution in [0.5, 0.6) is 0 Å². The largest absolute Gasteiger partial charge is 0.337 e. The maximum atomic E-state index is 12.5. The second kappa shape index (κ2) is 6.79. The lowest BCUT2D eigenvalue weighted by Crippen LogP contribution is -2.36. The van der Waals surface area contributed by atoms with E-state index in [9.17, 15) is 9.59 Å². The first-order valence-electron chi connectivity index (χ1n) is 8.01. The zero-order chi connectivity index (χ0) is 15.5. The lowest BCUT2D eigenvalue weighted by atomic mass is 9.86. The highest BCUT2D eigenvalue weighted by Gasteiger charge is 2.26. The summed E-state index contributed by atoms with van der Waals surface area (Å²) in [5.74, 6) is 0.334. The van der Waals surface area contributed by atoms with E-state index in [0.29, 0.717) is 23.8 Å². The van der Waals surface area contributed by atoms with Gasteiger partial charge in [0, 0.05) is 17.8 Å². The SMILES string of the molecule is O=C(NO)c1cc2c(s1)CN(C(=O)CC1CCCCC1)CC2. The number of carbonyl (C=O) groups is 2. The molecule has 1 aliphatic carbocycles. The van der Waals surface area contributed by atoms with Gasteiger partial charge < -0.3 is 4.90 Å². The average molecular weight is 322 g/mol. The minimum absolute atomic E-state index is 0.249. The topological polar surface area (TPSA) is 69.6 Å². The summed E-state index contributed by atoms with van der Waals surface area (Å²) < 4.78 is 0. The molecular formula is C16H22N2O3S. The average Bonchev–Trinajstić information content (AvgIpc) is 2.98. The van der Waals surface area contributed by atoms with Gasteiger partial charge in [-0.15, -0.1) is 11.3 Å². The van der Waals surface area contributed by atoms with E-state index in [1.807, 2.05) is 11.0 Å². The summed E-state index contributed by atoms with van der Waals surface area (Å²) in [7, 11) is 0. The third kappa shape index (κ3) is 3.33. The van der Waals surface area contributed by atoms with E-state index in [0.717, 1.165) is 23.4 Å². The van der Waals surface area contributed by atoms with Crippen molar-refractivity contribution in [3.8, 4) is 0 Å². The van der Waals surface area contributed by atoms with Crippen LogP contribution >= 0.6 is 11.3 Å². The highest BCUT2D eigenvalue weighted by molar-refractivity contribution is 7.14. The van der Waals surface area contributed by atoms with Crippen LogP contribution in [0.25, 0.3) is 0 Å². The van der Waals surface area contributed by atoms with Crippen molar-refractivity contribution in [1.29, 1.82) is 0 Å². The van der Waals surface area contributed by atoms with E-state index in [2.05, 4.69) is 0 Å². The van der Waals surface area contributed by atoms with Gasteiger partial charge >= 0.3 is 0 Å². The minimum Gasteiger partial charge on any atom is -0.337 e. The van der Waals surface area contributed by atoms with Gasteiger partial charge in [-0.2, -0.15) is 0 Å². The fraction of sp³-hybridized carbons (Fsp3) is 0.625. The van der Waals surface area contributed by atoms with E-state index in [1.165, 1.54) is 43.4 Å². The molecule has 0 unspecified atom stereocenters. The highest BCUT2D eigenvalue weighted by atomic mass is 32.1. The predicted molar refractivity (Wildman–Crippen MR) is 83.9 cm³/mol. The number of carbonyl (C=O) groups excluding carboxylic acids is 2. The molecule has 1 aromatic heterocycles. The molecule has 2 amide bonds. The van der Waals surface area contributed by atoms with Crippen LogP contribution in [0.2, 0.25) is 0 Å². The second-order valence-corrected chi connectivity index (χ2v) is 7.41. The van der Waals surface area contributed by atoms with Crippen molar-refractivity contribution in [2.75, 3.05) is 6.54 Å². The van der Waals surface area contributed by atoms with Gasteiger partial charge in [-0.3, -0.25) is 14.8 Å². The summed E-state index contributed by atoms with van der Waals surface area (Å²) in [6.07, 6.45) is 7.66. The molecule has 6 heteroatoms. The van der Waals surface area contributed by atoms with Crippen LogP contribution in [-0.4, -0.2) is 28.5 Å². The molecule has 1 fully saturated rings. The predicted octanol–water partition coefficient (Wildman–Crippen LogP) is 2.72. The lowest BCUT2D eigenvalue weighted by molar-refractivity contribution is -0.133. The summed E-state index contributed by atoms with van der Waals surface area (Å²) in [5, 5.41) is 8.71. The Morgan fingerprint density at radius 3 is 2.82 bits per heavy atom. The number of hydrogen-bond acceptors (Lipinski definition) is 4. The Morgan fingerprint density at radius 1 is 1.32 bits per heavy atom. The zero-order valence-corrected chi connectivity index (χ0v) is 13.5. The first-order chi connectivity index (χ1) is 10.7. The molecule has 1 aromatic rings. The minimum atomic E-state index is -0.473. The van der Waals surface area contributed by atoms with Gasteiger partial charge in [0.15, 0.2) is 0 Å². The van der Waals surface area contributed by atoms with Gasteiger partial charge in [0.1, 0.15) is 0 Å². The van der Waals surface area contributed by atoms with Crippen molar-refractivity contribution in [1.82, 2.24) is 10.4 Å². The first-order valence-corrected chi connectivity index (χ1v) is 8.83. The van der Waals surface area contributed by atoms with Crippen molar-refractivity contribution in [2.45, 2.75) is 51.5 Å². The molecule has 2 N–H and O–H groups in total. The van der Waals surface area contributed by atoms with E-state index in [4.69, 9.17) is 5.21 Å². The molecule has 1 saturated carbocycles. The van der Waals surface area contributed by atoms with Crippen molar-refractivity contribution in [2.24, 2.45) is 5.92 Å². The van der Waals surface area contributed by atoms with Gasteiger partial charge in [-0.05, 0) is 36.8 Å². The fourth-order valence-electron chi connectivity index (χ4n) is 3.47. The quantitative estimate of drug-likeness (QED) is 0.664. The third-order valence-electron chi connectivity index (χ3n) is 4.75. The Hall–Kier alpha value is -1.40. The Kier molecular flexibility index (Phi) is 4.78. The molecule has 5 nitrogen and oxygen atoms in total. The zero-order valence-electron chi connectivity index (χ0n) is 12.6. The summed E-state index contributed by atoms with van der Waals surface area (Å²) in [4.78, 5) is 27.5. The highest BCUT2D eigenvalue weighted by Crippen LogP contribution is 2.31. The van der Waals surface area contributed by atoms with E-state index in [1.54, 1.807) is 5.48 Å². The maximum absolute atomic E-state index is 12.5. The number of hydroxylamine groups is 1. The summed E-state index contributed by atoms with van der Waals surface area (Å²) in [6.45, 7) is 1.33. The molecule has 22 heavy (non-hydrogen) atoms. The van der Waals surface area contributed by atoms with Gasteiger partial charge in [-0.25, -0.2) is 5.48 Å². The Balaban J connectivity index is 1.62. The number of amides is 2. The normalized spacial score (nSPS) is 18.9. The number of hydrogen-bond donors (Lipinski definition) is 2. The maximum Gasteiger partial charge on any atom is 0.284 e. The van der Waals surface area contributed by atoms with Crippen LogP contribution in [-0.2, 0) is 17.8 Å². The van der Waals surface area contributed by atoms with Crippen LogP contribution in [0.3, 0.4) is 0 Å². The van der Waals surface area contributed by atoms with E-state index in [-0.39, 0.29) is 5.91 Å². The van der Waals surface area contributed by atoms with Crippen LogP contribution in [0.15, 0.2) is 6.07 Å². The molecule has 120 valence electrons. The van der Waals surface area contributed by atoms with Gasteiger partial charge in [-0.1, -0.05) is 19.3 Å². The summed E-state index contributed by atoms with van der Waals surface area (Å²) in [5.41, 5.74) is 2.80. The monoisotopic (exact) mass is 322 g/mol. The summed E-state index contributed by atoms with van der Waals surface area (Å²) >= 11 is 1.37. The van der Waals surface area contributed by atoms with E-state index < -0.39 is 5.91 Å². The number of rotatable bonds is 3. The standard InChI is InChI=1S/C16H22N2O3S/c19-15(8-11-4-2-1-3-5-11)18-7-6-12-9-13(16(20)17-21)22-14(12)10-18/h9,11,21H,1-8,10H2,(H,17,20). The molecule has 1 aliphatic heterocycles. The fourth-order valence-corrected chi connectivity index (χ4v) is 4.58. The Morgan fingerprint density at radius 2 is 2.09 bits per heavy atom. The smallest absolute Gasteiger partial charge is 0.284 e. The molecule has 0 saturated heterocycles. The number of thiophene rings is 1. The van der Waals surface area contributed by atoms with Crippen molar-refractivity contribution in [3.63, 3.8) is 0 Å². The molecule has 2 heterocycles. The molecule has 2 aliphatic rings. The molecule has 0 radical (unpaired) electrons. The van der Waals surface area contributed by atoms with Gasteiger partial charge in [0.25, 0.3) is 5.91 Å². The molecule has 0 spiro atoms. The third-order valence-corrected chi connectivity index (χ3v) is 5.91. The van der Waals surface area contributed by atoms with E-state index >= 15 is 0 Å². The molecule has 0 bridgehead atoms. The second-order valence-electron chi connectivity index (χ2n) is 6.27. The van der Waals surface area contributed by atoms with Crippen molar-refractivity contribution < 1.29 is 14.8 Å². The van der Waals surface area contributed by atoms with Gasteiger partial charge in [0.05, 0.1) is 11.4 Å². The van der Waals surface area contributed by atoms with Crippen molar-refractivity contribution in [3.05, 3.63) is 21.4 Å². The summed E-state index contributed by atoms with van der Waals surface area (Å²) in [6, 6.07) is 1.83. The lowest BCUT2D eigenvalue weighted by Gasteiger charge is -2.29. The van der Waals surface area contributed by atoms with Crippen molar-refractivity contribution >= 4 is 23.2 Å². The van der Waals surface area contributed by atoms with Crippen LogP contribution in [0.4, 0.5) is 0 Å². The first kappa shape index (κ1) is 15.5. The Labute approximate surface area is 134 Å². The molecule has 0 aromatic carbocycles. The number of nitrogens with one attached hydrogen (secondary N) is 1. The molecule has 0 atom stereocenters. The van der Waals surface area contributed by atoms with Crippen LogP contribution in [0, 0.1) is 5.92 Å². The van der Waals surface area contributed by atoms with Crippen LogP contribution < -0.4 is 5.48 Å². The molecule has 3 rings (SSSR count). The molecular weight excluding hydrogens is 300 g/mol.